The molecule has 0 amide bonds. The molecule has 0 fully saturated rings. The molecule has 0 radical (unpaired) electrons. The Balaban J connectivity index is 2.86. The van der Waals surface area contributed by atoms with E-state index in [1.54, 1.807) is 6.07 Å². The predicted molar refractivity (Wildman–Crippen MR) is 44.6 cm³/mol. The topological polar surface area (TPSA) is 33.1 Å². The number of hydrogen-bond acceptors (Lipinski definition) is 2. The average Bonchev–Trinajstić information content (AvgIpc) is 1.98. The molecule has 0 bridgehead atoms. The van der Waals surface area contributed by atoms with Crippen molar-refractivity contribution in [3.8, 4) is 5.75 Å². The first kappa shape index (κ1) is 8.05. The molecule has 11 heavy (non-hydrogen) atoms. The second-order valence-electron chi connectivity index (χ2n) is 2.66. The summed E-state index contributed by atoms with van der Waals surface area (Å²) < 4.78 is 0. The number of aromatic nitrogens is 1. The Kier molecular flexibility index (Phi) is 2.47. The van der Waals surface area contributed by atoms with Crippen molar-refractivity contribution in [1.82, 2.24) is 4.98 Å². The van der Waals surface area contributed by atoms with Crippen LogP contribution in [0.25, 0.3) is 0 Å². The first-order chi connectivity index (χ1) is 5.24. The van der Waals surface area contributed by atoms with Crippen LogP contribution in [0, 0.1) is 6.92 Å². The van der Waals surface area contributed by atoms with Crippen LogP contribution in [-0.2, 0) is 6.42 Å². The molecule has 1 heterocycles. The molecule has 0 aromatic carbocycles. The van der Waals surface area contributed by atoms with Gasteiger partial charge in [0.15, 0.2) is 0 Å². The Morgan fingerprint density at radius 2 is 2.18 bits per heavy atom. The second kappa shape index (κ2) is 3.37. The molecule has 60 valence electrons. The van der Waals surface area contributed by atoms with Crippen molar-refractivity contribution in [3.63, 3.8) is 0 Å². The van der Waals surface area contributed by atoms with Crippen molar-refractivity contribution in [2.75, 3.05) is 0 Å². The highest BCUT2D eigenvalue weighted by molar-refractivity contribution is 5.26. The van der Waals surface area contributed by atoms with Crippen LogP contribution < -0.4 is 0 Å². The molecule has 2 nitrogen and oxygen atoms in total. The summed E-state index contributed by atoms with van der Waals surface area (Å²) in [6, 6.07) is 3.57. The quantitative estimate of drug-likeness (QED) is 0.701. The van der Waals surface area contributed by atoms with E-state index in [1.807, 2.05) is 13.0 Å². The minimum atomic E-state index is 0.282. The van der Waals surface area contributed by atoms with Crippen molar-refractivity contribution in [3.05, 3.63) is 23.5 Å². The minimum absolute atomic E-state index is 0.282. The first-order valence-corrected chi connectivity index (χ1v) is 3.89. The third-order valence-electron chi connectivity index (χ3n) is 1.62. The van der Waals surface area contributed by atoms with Crippen LogP contribution in [0.15, 0.2) is 12.1 Å². The molecule has 0 saturated carbocycles. The van der Waals surface area contributed by atoms with Crippen molar-refractivity contribution >= 4 is 0 Å². The molecule has 0 aliphatic heterocycles. The molecule has 0 atom stereocenters. The standard InChI is InChI=1S/C9H13NO/c1-3-4-8-5-6-9(11)7(2)10-8/h5-6,11H,3-4H2,1-2H3. The van der Waals surface area contributed by atoms with Gasteiger partial charge in [-0.05, 0) is 25.5 Å². The highest BCUT2D eigenvalue weighted by Crippen LogP contribution is 2.13. The summed E-state index contributed by atoms with van der Waals surface area (Å²) in [5.41, 5.74) is 1.78. The van der Waals surface area contributed by atoms with Gasteiger partial charge >= 0.3 is 0 Å². The molecule has 0 unspecified atom stereocenters. The molecule has 1 rings (SSSR count). The fourth-order valence-corrected chi connectivity index (χ4v) is 1.00. The van der Waals surface area contributed by atoms with Crippen LogP contribution in [0.1, 0.15) is 24.7 Å². The van der Waals surface area contributed by atoms with Gasteiger partial charge in [0.05, 0.1) is 5.69 Å². The van der Waals surface area contributed by atoms with Crippen LogP contribution in [0.3, 0.4) is 0 Å². The van der Waals surface area contributed by atoms with E-state index in [0.717, 1.165) is 24.2 Å². The smallest absolute Gasteiger partial charge is 0.136 e. The SMILES string of the molecule is CCCc1ccc(O)c(C)n1. The molecule has 2 heteroatoms. The van der Waals surface area contributed by atoms with Gasteiger partial charge in [0.2, 0.25) is 0 Å². The highest BCUT2D eigenvalue weighted by Gasteiger charge is 1.97. The second-order valence-corrected chi connectivity index (χ2v) is 2.66. The molecule has 1 aromatic rings. The van der Waals surface area contributed by atoms with Gasteiger partial charge in [0.25, 0.3) is 0 Å². The molecular weight excluding hydrogens is 138 g/mol. The largest absolute Gasteiger partial charge is 0.506 e. The molecular formula is C9H13NO. The van der Waals surface area contributed by atoms with E-state index in [9.17, 15) is 0 Å². The number of pyridine rings is 1. The maximum atomic E-state index is 9.15. The van der Waals surface area contributed by atoms with Gasteiger partial charge in [-0.3, -0.25) is 4.98 Å². The van der Waals surface area contributed by atoms with E-state index in [-0.39, 0.29) is 5.75 Å². The van der Waals surface area contributed by atoms with Crippen LogP contribution in [0.4, 0.5) is 0 Å². The Morgan fingerprint density at radius 1 is 1.45 bits per heavy atom. The lowest BCUT2D eigenvalue weighted by Gasteiger charge is -2.00. The summed E-state index contributed by atoms with van der Waals surface area (Å²) in [5, 5.41) is 9.15. The van der Waals surface area contributed by atoms with Gasteiger partial charge < -0.3 is 5.11 Å². The summed E-state index contributed by atoms with van der Waals surface area (Å²) in [6.07, 6.45) is 2.08. The predicted octanol–water partition coefficient (Wildman–Crippen LogP) is 2.05. The maximum absolute atomic E-state index is 9.15. The van der Waals surface area contributed by atoms with E-state index in [2.05, 4.69) is 11.9 Å². The van der Waals surface area contributed by atoms with Crippen molar-refractivity contribution in [2.45, 2.75) is 26.7 Å². The molecule has 1 N–H and O–H groups in total. The van der Waals surface area contributed by atoms with E-state index in [4.69, 9.17) is 5.11 Å². The zero-order chi connectivity index (χ0) is 8.27. The third-order valence-corrected chi connectivity index (χ3v) is 1.62. The number of aryl methyl sites for hydroxylation is 2. The fourth-order valence-electron chi connectivity index (χ4n) is 1.00. The van der Waals surface area contributed by atoms with Gasteiger partial charge in [-0.15, -0.1) is 0 Å². The number of nitrogens with zero attached hydrogens (tertiary/aromatic N) is 1. The summed E-state index contributed by atoms with van der Waals surface area (Å²) in [7, 11) is 0. The van der Waals surface area contributed by atoms with E-state index in [1.165, 1.54) is 0 Å². The van der Waals surface area contributed by atoms with Crippen molar-refractivity contribution < 1.29 is 5.11 Å². The lowest BCUT2D eigenvalue weighted by Crippen LogP contribution is -1.90. The lowest BCUT2D eigenvalue weighted by atomic mass is 10.2. The first-order valence-electron chi connectivity index (χ1n) is 3.89. The van der Waals surface area contributed by atoms with Crippen LogP contribution in [0.5, 0.6) is 5.75 Å². The van der Waals surface area contributed by atoms with Gasteiger partial charge in [0, 0.05) is 5.69 Å². The summed E-state index contributed by atoms with van der Waals surface area (Å²) in [4.78, 5) is 4.21. The number of rotatable bonds is 2. The van der Waals surface area contributed by atoms with E-state index < -0.39 is 0 Å². The summed E-state index contributed by atoms with van der Waals surface area (Å²) in [6.45, 7) is 3.93. The normalized spacial score (nSPS) is 10.0. The highest BCUT2D eigenvalue weighted by atomic mass is 16.3. The Morgan fingerprint density at radius 3 is 2.73 bits per heavy atom. The van der Waals surface area contributed by atoms with Gasteiger partial charge in [-0.2, -0.15) is 0 Å². The zero-order valence-electron chi connectivity index (χ0n) is 6.96. The minimum Gasteiger partial charge on any atom is -0.506 e. The molecule has 0 saturated heterocycles. The molecule has 0 spiro atoms. The molecule has 0 aliphatic carbocycles. The van der Waals surface area contributed by atoms with Gasteiger partial charge in [-0.25, -0.2) is 0 Å². The average molecular weight is 151 g/mol. The molecule has 1 aromatic heterocycles. The molecule has 0 aliphatic rings. The van der Waals surface area contributed by atoms with E-state index in [0.29, 0.717) is 0 Å². The number of hydrogen-bond donors (Lipinski definition) is 1. The fraction of sp³-hybridized carbons (Fsp3) is 0.444. The van der Waals surface area contributed by atoms with Gasteiger partial charge in [-0.1, -0.05) is 13.3 Å². The van der Waals surface area contributed by atoms with Crippen molar-refractivity contribution in [2.24, 2.45) is 0 Å². The van der Waals surface area contributed by atoms with Crippen LogP contribution in [-0.4, -0.2) is 10.1 Å². The third kappa shape index (κ3) is 1.93. The van der Waals surface area contributed by atoms with Crippen LogP contribution in [0.2, 0.25) is 0 Å². The van der Waals surface area contributed by atoms with Gasteiger partial charge in [0.1, 0.15) is 5.75 Å². The van der Waals surface area contributed by atoms with E-state index >= 15 is 0 Å². The Labute approximate surface area is 66.9 Å². The lowest BCUT2D eigenvalue weighted by molar-refractivity contribution is 0.467. The Bertz CT molecular complexity index is 245. The van der Waals surface area contributed by atoms with Crippen LogP contribution >= 0.6 is 0 Å². The summed E-state index contributed by atoms with van der Waals surface area (Å²) >= 11 is 0. The Hall–Kier alpha value is -1.05. The summed E-state index contributed by atoms with van der Waals surface area (Å²) in [5.74, 6) is 0.282. The monoisotopic (exact) mass is 151 g/mol. The van der Waals surface area contributed by atoms with Crippen molar-refractivity contribution in [1.29, 1.82) is 0 Å². The number of aromatic hydroxyl groups is 1. The maximum Gasteiger partial charge on any atom is 0.136 e. The zero-order valence-corrected chi connectivity index (χ0v) is 6.96.